The van der Waals surface area contributed by atoms with Gasteiger partial charge < -0.3 is 9.47 Å². The third kappa shape index (κ3) is 2.06. The van der Waals surface area contributed by atoms with E-state index >= 15 is 0 Å². The molecule has 2 aliphatic heterocycles. The van der Waals surface area contributed by atoms with Crippen LogP contribution in [-0.4, -0.2) is 28.8 Å². The van der Waals surface area contributed by atoms with Crippen molar-refractivity contribution in [1.29, 1.82) is 0 Å². The first-order valence-corrected chi connectivity index (χ1v) is 7.66. The Hall–Kier alpha value is 0.390. The molecule has 0 unspecified atom stereocenters. The molecule has 0 aliphatic carbocycles. The quantitative estimate of drug-likeness (QED) is 0.437. The molecule has 0 spiro atoms. The van der Waals surface area contributed by atoms with Crippen molar-refractivity contribution in [2.45, 2.75) is 50.9 Å². The summed E-state index contributed by atoms with van der Waals surface area (Å²) in [6.45, 7) is 9.53. The molecular formula is C13H21IO2. The fraction of sp³-hybridized carbons (Fsp3) is 0.846. The Bertz CT molecular complexity index is 277. The van der Waals surface area contributed by atoms with Crippen LogP contribution >= 0.6 is 22.6 Å². The van der Waals surface area contributed by atoms with Gasteiger partial charge in [-0.25, -0.2) is 0 Å². The maximum absolute atomic E-state index is 6.27. The number of hydrogen-bond acceptors (Lipinski definition) is 2. The third-order valence-electron chi connectivity index (χ3n) is 3.87. The molecule has 92 valence electrons. The van der Waals surface area contributed by atoms with E-state index in [0.717, 1.165) is 30.3 Å². The number of hydrogen-bond donors (Lipinski definition) is 0. The highest BCUT2D eigenvalue weighted by molar-refractivity contribution is 14.1. The van der Waals surface area contributed by atoms with Gasteiger partial charge in [-0.15, -0.1) is 0 Å². The van der Waals surface area contributed by atoms with Crippen LogP contribution in [0, 0.1) is 5.92 Å². The molecule has 2 aliphatic rings. The first kappa shape index (κ1) is 12.8. The van der Waals surface area contributed by atoms with Crippen molar-refractivity contribution in [1.82, 2.24) is 0 Å². The van der Waals surface area contributed by atoms with Crippen LogP contribution in [0.5, 0.6) is 0 Å². The number of rotatable bonds is 2. The van der Waals surface area contributed by atoms with Crippen molar-refractivity contribution in [3.8, 4) is 0 Å². The van der Waals surface area contributed by atoms with Crippen LogP contribution in [0.3, 0.4) is 0 Å². The maximum Gasteiger partial charge on any atom is 0.124 e. The highest BCUT2D eigenvalue weighted by Crippen LogP contribution is 2.42. The molecular weight excluding hydrogens is 315 g/mol. The Morgan fingerprint density at radius 1 is 1.50 bits per heavy atom. The van der Waals surface area contributed by atoms with Gasteiger partial charge in [0.1, 0.15) is 5.60 Å². The van der Waals surface area contributed by atoms with E-state index in [1.54, 1.807) is 0 Å². The standard InChI is InChI=1S/C13H21IO2/c1-9(2)11-5-4-10(3)13(8-14)12(16-11)6-7-15-13/h9,11-12H,3-8H2,1-2H3/t11-,12-,13-/m0/s1. The Morgan fingerprint density at radius 2 is 2.25 bits per heavy atom. The molecule has 0 aromatic carbocycles. The van der Waals surface area contributed by atoms with E-state index in [9.17, 15) is 0 Å². The summed E-state index contributed by atoms with van der Waals surface area (Å²) >= 11 is 2.41. The molecule has 2 nitrogen and oxygen atoms in total. The molecule has 3 atom stereocenters. The molecule has 0 bridgehead atoms. The van der Waals surface area contributed by atoms with Crippen LogP contribution in [0.2, 0.25) is 0 Å². The minimum Gasteiger partial charge on any atom is -0.371 e. The molecule has 2 fully saturated rings. The molecule has 16 heavy (non-hydrogen) atoms. The second-order valence-corrected chi connectivity index (χ2v) is 5.97. The SMILES string of the molecule is C=C1CC[C@@H](C(C)C)O[C@H]2CCO[C@@]12CI. The second kappa shape index (κ2) is 4.94. The van der Waals surface area contributed by atoms with Gasteiger partial charge >= 0.3 is 0 Å². The van der Waals surface area contributed by atoms with Crippen LogP contribution < -0.4 is 0 Å². The van der Waals surface area contributed by atoms with Gasteiger partial charge in [-0.3, -0.25) is 0 Å². The fourth-order valence-corrected chi connectivity index (χ4v) is 3.95. The highest BCUT2D eigenvalue weighted by Gasteiger charge is 2.49. The van der Waals surface area contributed by atoms with Crippen molar-refractivity contribution in [2.75, 3.05) is 11.0 Å². The number of alkyl halides is 1. The first-order chi connectivity index (χ1) is 7.60. The largest absolute Gasteiger partial charge is 0.371 e. The minimum atomic E-state index is -0.190. The van der Waals surface area contributed by atoms with Crippen LogP contribution in [0.15, 0.2) is 12.2 Å². The lowest BCUT2D eigenvalue weighted by atomic mass is 9.89. The molecule has 0 saturated carbocycles. The van der Waals surface area contributed by atoms with E-state index in [2.05, 4.69) is 43.0 Å². The zero-order chi connectivity index (χ0) is 11.8. The summed E-state index contributed by atoms with van der Waals surface area (Å²) in [5, 5.41) is 0. The molecule has 0 N–H and O–H groups in total. The molecule has 0 aromatic rings. The first-order valence-electron chi connectivity index (χ1n) is 6.14. The topological polar surface area (TPSA) is 18.5 Å². The van der Waals surface area contributed by atoms with E-state index in [1.165, 1.54) is 5.57 Å². The summed E-state index contributed by atoms with van der Waals surface area (Å²) < 4.78 is 13.2. The van der Waals surface area contributed by atoms with E-state index in [0.29, 0.717) is 12.0 Å². The maximum atomic E-state index is 6.27. The molecule has 2 saturated heterocycles. The molecule has 0 radical (unpaired) electrons. The Balaban J connectivity index is 2.22. The Labute approximate surface area is 112 Å². The van der Waals surface area contributed by atoms with Gasteiger partial charge in [0.15, 0.2) is 0 Å². The van der Waals surface area contributed by atoms with Crippen molar-refractivity contribution < 1.29 is 9.47 Å². The summed E-state index contributed by atoms with van der Waals surface area (Å²) in [4.78, 5) is 0. The van der Waals surface area contributed by atoms with Gasteiger partial charge in [0.25, 0.3) is 0 Å². The van der Waals surface area contributed by atoms with Crippen LogP contribution in [0.4, 0.5) is 0 Å². The van der Waals surface area contributed by atoms with E-state index in [1.807, 2.05) is 0 Å². The van der Waals surface area contributed by atoms with Crippen molar-refractivity contribution in [2.24, 2.45) is 5.92 Å². The zero-order valence-electron chi connectivity index (χ0n) is 10.2. The normalized spacial score (nSPS) is 39.9. The number of fused-ring (bicyclic) bond motifs is 1. The van der Waals surface area contributed by atoms with Gasteiger partial charge in [-0.1, -0.05) is 43.0 Å². The Morgan fingerprint density at radius 3 is 2.88 bits per heavy atom. The van der Waals surface area contributed by atoms with Gasteiger partial charge in [0.2, 0.25) is 0 Å². The molecule has 2 heterocycles. The second-order valence-electron chi connectivity index (χ2n) is 5.21. The van der Waals surface area contributed by atoms with Gasteiger partial charge in [-0.2, -0.15) is 0 Å². The monoisotopic (exact) mass is 336 g/mol. The van der Waals surface area contributed by atoms with E-state index in [-0.39, 0.29) is 11.7 Å². The predicted molar refractivity (Wildman–Crippen MR) is 74.1 cm³/mol. The smallest absolute Gasteiger partial charge is 0.124 e. The van der Waals surface area contributed by atoms with Crippen molar-refractivity contribution in [3.63, 3.8) is 0 Å². The van der Waals surface area contributed by atoms with E-state index < -0.39 is 0 Å². The lowest BCUT2D eigenvalue weighted by Gasteiger charge is -2.33. The summed E-state index contributed by atoms with van der Waals surface area (Å²) in [6, 6.07) is 0. The lowest BCUT2D eigenvalue weighted by Crippen LogP contribution is -2.44. The predicted octanol–water partition coefficient (Wildman–Crippen LogP) is 3.34. The summed E-state index contributed by atoms with van der Waals surface area (Å²) in [5.74, 6) is 0.582. The van der Waals surface area contributed by atoms with Crippen LogP contribution in [-0.2, 0) is 9.47 Å². The lowest BCUT2D eigenvalue weighted by molar-refractivity contribution is -0.0822. The van der Waals surface area contributed by atoms with Gasteiger partial charge in [-0.05, 0) is 24.3 Å². The minimum absolute atomic E-state index is 0.190. The Kier molecular flexibility index (Phi) is 3.97. The van der Waals surface area contributed by atoms with Crippen molar-refractivity contribution in [3.05, 3.63) is 12.2 Å². The molecule has 0 amide bonds. The summed E-state index contributed by atoms with van der Waals surface area (Å²) in [7, 11) is 0. The van der Waals surface area contributed by atoms with E-state index in [4.69, 9.17) is 9.47 Å². The average molecular weight is 336 g/mol. The summed E-state index contributed by atoms with van der Waals surface area (Å²) in [6.07, 6.45) is 3.75. The molecule has 0 aromatic heterocycles. The van der Waals surface area contributed by atoms with Crippen LogP contribution in [0.25, 0.3) is 0 Å². The summed E-state index contributed by atoms with van der Waals surface area (Å²) in [5.41, 5.74) is 1.05. The number of halogens is 1. The zero-order valence-corrected chi connectivity index (χ0v) is 12.3. The molecule has 3 heteroatoms. The fourth-order valence-electron chi connectivity index (χ4n) is 2.70. The van der Waals surface area contributed by atoms with Crippen LogP contribution in [0.1, 0.15) is 33.1 Å². The molecule has 2 rings (SSSR count). The number of ether oxygens (including phenoxy) is 2. The average Bonchev–Trinajstić information content (AvgIpc) is 2.61. The highest BCUT2D eigenvalue weighted by atomic mass is 127. The third-order valence-corrected chi connectivity index (χ3v) is 5.00. The van der Waals surface area contributed by atoms with Gasteiger partial charge in [0.05, 0.1) is 18.8 Å². The van der Waals surface area contributed by atoms with Crippen molar-refractivity contribution >= 4 is 22.6 Å². The van der Waals surface area contributed by atoms with Gasteiger partial charge in [0, 0.05) is 10.8 Å².